The van der Waals surface area contributed by atoms with Crippen LogP contribution in [0.15, 0.2) is 52.2 Å². The van der Waals surface area contributed by atoms with Gasteiger partial charge in [0.05, 0.1) is 6.10 Å². The molecule has 1 aliphatic heterocycles. The molecule has 9 heteroatoms. The highest BCUT2D eigenvalue weighted by molar-refractivity contribution is 7.33. The Morgan fingerprint density at radius 1 is 1.21 bits per heavy atom. The SMILES string of the molecule is CC1CC(CO[P+](=O)Oc2ccccc2)OC1n1ccc(=O)[nH]c1=O.CCC. The van der Waals surface area contributed by atoms with Crippen LogP contribution in [0.5, 0.6) is 5.75 Å². The Bertz CT molecular complexity index is 866. The lowest BCUT2D eigenvalue weighted by Gasteiger charge is -2.17. The molecular formula is C19H26N2O6P+. The Balaban J connectivity index is 0.000000878. The number of aromatic amines is 1. The largest absolute Gasteiger partial charge is 0.750 e. The highest BCUT2D eigenvalue weighted by Crippen LogP contribution is 2.35. The first kappa shape index (κ1) is 22.0. The Morgan fingerprint density at radius 3 is 2.54 bits per heavy atom. The van der Waals surface area contributed by atoms with E-state index < -0.39 is 25.7 Å². The third-order valence-corrected chi connectivity index (χ3v) is 4.59. The van der Waals surface area contributed by atoms with Crippen LogP contribution < -0.4 is 15.8 Å². The van der Waals surface area contributed by atoms with Gasteiger partial charge >= 0.3 is 13.9 Å². The summed E-state index contributed by atoms with van der Waals surface area (Å²) in [4.78, 5) is 25.2. The quantitative estimate of drug-likeness (QED) is 0.732. The zero-order valence-corrected chi connectivity index (χ0v) is 17.1. The summed E-state index contributed by atoms with van der Waals surface area (Å²) in [5.41, 5.74) is -0.980. The minimum Gasteiger partial charge on any atom is -0.352 e. The van der Waals surface area contributed by atoms with E-state index in [2.05, 4.69) is 18.8 Å². The van der Waals surface area contributed by atoms with Crippen LogP contribution in [0.4, 0.5) is 0 Å². The maximum absolute atomic E-state index is 11.9. The molecule has 2 heterocycles. The average molecular weight is 409 g/mol. The number of hydrogen-bond acceptors (Lipinski definition) is 6. The molecule has 0 amide bonds. The average Bonchev–Trinajstić information content (AvgIpc) is 3.02. The summed E-state index contributed by atoms with van der Waals surface area (Å²) < 4.78 is 29.4. The predicted octanol–water partition coefficient (Wildman–Crippen LogP) is 3.63. The third-order valence-electron chi connectivity index (χ3n) is 3.87. The van der Waals surface area contributed by atoms with Crippen molar-refractivity contribution in [1.82, 2.24) is 9.55 Å². The van der Waals surface area contributed by atoms with E-state index in [0.717, 1.165) is 0 Å². The molecular weight excluding hydrogens is 383 g/mol. The lowest BCUT2D eigenvalue weighted by atomic mass is 10.1. The monoisotopic (exact) mass is 409 g/mol. The van der Waals surface area contributed by atoms with E-state index in [0.29, 0.717) is 12.2 Å². The van der Waals surface area contributed by atoms with Crippen LogP contribution in [0.2, 0.25) is 0 Å². The highest BCUT2D eigenvalue weighted by atomic mass is 31.1. The van der Waals surface area contributed by atoms with Gasteiger partial charge in [-0.25, -0.2) is 9.32 Å². The molecule has 0 spiro atoms. The Kier molecular flexibility index (Phi) is 8.57. The Morgan fingerprint density at radius 2 is 1.89 bits per heavy atom. The van der Waals surface area contributed by atoms with E-state index >= 15 is 0 Å². The molecule has 0 saturated carbocycles. The Labute approximate surface area is 164 Å². The van der Waals surface area contributed by atoms with Gasteiger partial charge in [0.25, 0.3) is 5.56 Å². The molecule has 1 N–H and O–H groups in total. The topological polar surface area (TPSA) is 99.6 Å². The molecule has 1 aliphatic rings. The van der Waals surface area contributed by atoms with E-state index in [1.165, 1.54) is 23.3 Å². The predicted molar refractivity (Wildman–Crippen MR) is 106 cm³/mol. The molecule has 3 rings (SSSR count). The van der Waals surface area contributed by atoms with Crippen molar-refractivity contribution in [1.29, 1.82) is 0 Å². The molecule has 2 aromatic rings. The van der Waals surface area contributed by atoms with Crippen molar-refractivity contribution in [3.8, 4) is 5.75 Å². The van der Waals surface area contributed by atoms with E-state index in [9.17, 15) is 14.2 Å². The molecule has 0 bridgehead atoms. The summed E-state index contributed by atoms with van der Waals surface area (Å²) >= 11 is 0. The molecule has 4 unspecified atom stereocenters. The van der Waals surface area contributed by atoms with Gasteiger partial charge in [-0.15, -0.1) is 4.52 Å². The van der Waals surface area contributed by atoms with Crippen LogP contribution in [0, 0.1) is 5.92 Å². The van der Waals surface area contributed by atoms with Gasteiger partial charge in [-0.2, -0.15) is 0 Å². The minimum atomic E-state index is -2.31. The van der Waals surface area contributed by atoms with Crippen molar-refractivity contribution in [2.45, 2.75) is 45.9 Å². The van der Waals surface area contributed by atoms with Gasteiger partial charge in [-0.3, -0.25) is 14.3 Å². The molecule has 28 heavy (non-hydrogen) atoms. The lowest BCUT2D eigenvalue weighted by molar-refractivity contribution is -0.0296. The van der Waals surface area contributed by atoms with Crippen molar-refractivity contribution < 1.29 is 18.3 Å². The second-order valence-electron chi connectivity index (χ2n) is 6.51. The van der Waals surface area contributed by atoms with Crippen molar-refractivity contribution in [2.75, 3.05) is 6.61 Å². The van der Waals surface area contributed by atoms with Gasteiger partial charge in [-0.1, -0.05) is 45.4 Å². The van der Waals surface area contributed by atoms with Crippen molar-refractivity contribution in [3.63, 3.8) is 0 Å². The zero-order valence-electron chi connectivity index (χ0n) is 16.2. The molecule has 152 valence electrons. The standard InChI is InChI=1S/C16H17N2O6P.C3H8/c1-11-9-13(10-22-25(21)24-12-5-3-2-4-6-12)23-15(11)18-8-7-14(19)17-16(18)20;1-3-2/h2-8,11,13,15H,9-10H2,1H3;3H2,1-2H3/p+1. The fourth-order valence-electron chi connectivity index (χ4n) is 2.73. The summed E-state index contributed by atoms with van der Waals surface area (Å²) in [6.07, 6.45) is 2.46. The first-order chi connectivity index (χ1) is 13.4. The van der Waals surface area contributed by atoms with Gasteiger partial charge in [0.15, 0.2) is 5.75 Å². The number of aromatic nitrogens is 2. The van der Waals surface area contributed by atoms with Crippen LogP contribution in [-0.4, -0.2) is 22.3 Å². The number of rotatable bonds is 6. The number of H-pyrrole nitrogens is 1. The molecule has 8 nitrogen and oxygen atoms in total. The summed E-state index contributed by atoms with van der Waals surface area (Å²) in [5.74, 6) is 0.493. The van der Waals surface area contributed by atoms with Gasteiger partial charge in [0.2, 0.25) is 0 Å². The fraction of sp³-hybridized carbons (Fsp3) is 0.474. The van der Waals surface area contributed by atoms with E-state index in [1.807, 2.05) is 13.0 Å². The lowest BCUT2D eigenvalue weighted by Crippen LogP contribution is -2.33. The van der Waals surface area contributed by atoms with Crippen LogP contribution in [-0.2, 0) is 13.8 Å². The van der Waals surface area contributed by atoms with Crippen molar-refractivity contribution in [2.24, 2.45) is 5.92 Å². The van der Waals surface area contributed by atoms with Crippen molar-refractivity contribution >= 4 is 8.25 Å². The highest BCUT2D eigenvalue weighted by Gasteiger charge is 2.36. The summed E-state index contributed by atoms with van der Waals surface area (Å²) in [5, 5.41) is 0. The molecule has 1 saturated heterocycles. The molecule has 0 radical (unpaired) electrons. The van der Waals surface area contributed by atoms with E-state index in [-0.39, 0.29) is 18.6 Å². The van der Waals surface area contributed by atoms with Gasteiger partial charge in [0, 0.05) is 22.7 Å². The molecule has 1 fully saturated rings. The van der Waals surface area contributed by atoms with E-state index in [1.54, 1.807) is 24.3 Å². The number of nitrogens with one attached hydrogen (secondary N) is 1. The fourth-order valence-corrected chi connectivity index (χ4v) is 3.36. The Hall–Kier alpha value is -2.28. The maximum Gasteiger partial charge on any atom is 0.750 e. The molecule has 0 aliphatic carbocycles. The third kappa shape index (κ3) is 6.41. The van der Waals surface area contributed by atoms with Crippen molar-refractivity contribution in [3.05, 3.63) is 63.4 Å². The molecule has 1 aromatic heterocycles. The summed E-state index contributed by atoms with van der Waals surface area (Å²) in [6, 6.07) is 10.0. The number of para-hydroxylation sites is 1. The van der Waals surface area contributed by atoms with Crippen LogP contribution in [0.25, 0.3) is 0 Å². The smallest absolute Gasteiger partial charge is 0.352 e. The van der Waals surface area contributed by atoms with Crippen LogP contribution in [0.1, 0.15) is 39.8 Å². The minimum absolute atomic E-state index is 0.0325. The summed E-state index contributed by atoms with van der Waals surface area (Å²) in [7, 11) is -2.31. The van der Waals surface area contributed by atoms with Gasteiger partial charge in [0.1, 0.15) is 12.8 Å². The first-order valence-corrected chi connectivity index (χ1v) is 10.3. The van der Waals surface area contributed by atoms with Gasteiger partial charge < -0.3 is 4.74 Å². The summed E-state index contributed by atoms with van der Waals surface area (Å²) in [6.45, 7) is 6.27. The van der Waals surface area contributed by atoms with E-state index in [4.69, 9.17) is 13.8 Å². The maximum atomic E-state index is 11.9. The van der Waals surface area contributed by atoms with Crippen LogP contribution in [0.3, 0.4) is 0 Å². The second kappa shape index (κ2) is 10.9. The number of ether oxygens (including phenoxy) is 1. The van der Waals surface area contributed by atoms with Crippen LogP contribution >= 0.6 is 8.25 Å². The second-order valence-corrected chi connectivity index (χ2v) is 7.40. The normalized spacial score (nSPS) is 21.5. The number of hydrogen-bond donors (Lipinski definition) is 1. The molecule has 4 atom stereocenters. The zero-order chi connectivity index (χ0) is 20.5. The first-order valence-electron chi connectivity index (χ1n) is 9.24. The van der Waals surface area contributed by atoms with Gasteiger partial charge in [-0.05, 0) is 18.6 Å². The molecule has 1 aromatic carbocycles. The number of benzene rings is 1. The number of nitrogens with zero attached hydrogens (tertiary/aromatic N) is 1.